The lowest BCUT2D eigenvalue weighted by molar-refractivity contribution is -0.120. The summed E-state index contributed by atoms with van der Waals surface area (Å²) in [6.07, 6.45) is 3.90. The van der Waals surface area contributed by atoms with E-state index in [-0.39, 0.29) is 40.9 Å². The molecule has 1 heterocycles. The van der Waals surface area contributed by atoms with E-state index >= 15 is 0 Å². The summed E-state index contributed by atoms with van der Waals surface area (Å²) in [5.41, 5.74) is 1.12. The molecule has 2 aromatic carbocycles. The van der Waals surface area contributed by atoms with E-state index < -0.39 is 15.9 Å². The topological polar surface area (TPSA) is 95.6 Å². The minimum atomic E-state index is -3.77. The molecule has 0 aliphatic carbocycles. The van der Waals surface area contributed by atoms with Crippen LogP contribution in [0, 0.1) is 0 Å². The molecule has 2 aromatic rings. The van der Waals surface area contributed by atoms with Crippen LogP contribution < -0.4 is 10.6 Å². The zero-order chi connectivity index (χ0) is 23.0. The van der Waals surface area contributed by atoms with Crippen LogP contribution in [-0.4, -0.2) is 50.7 Å². The van der Waals surface area contributed by atoms with Crippen LogP contribution in [-0.2, 0) is 21.2 Å². The Hall–Kier alpha value is -2.42. The number of hydrogen-bond acceptors (Lipinski definition) is 4. The van der Waals surface area contributed by atoms with Crippen LogP contribution in [0.2, 0.25) is 5.02 Å². The minimum absolute atomic E-state index is 0.0510. The number of halogens is 1. The van der Waals surface area contributed by atoms with Crippen molar-refractivity contribution in [3.63, 3.8) is 0 Å². The van der Waals surface area contributed by atoms with Gasteiger partial charge >= 0.3 is 0 Å². The predicted molar refractivity (Wildman–Crippen MR) is 124 cm³/mol. The smallest absolute Gasteiger partial charge is 0.251 e. The number of amides is 2. The highest BCUT2D eigenvalue weighted by Gasteiger charge is 2.28. The molecule has 0 saturated carbocycles. The first kappa shape index (κ1) is 24.2. The van der Waals surface area contributed by atoms with E-state index in [1.165, 1.54) is 22.5 Å². The maximum absolute atomic E-state index is 13.1. The number of carbonyl (C=O) groups is 2. The van der Waals surface area contributed by atoms with Crippen molar-refractivity contribution in [3.8, 4) is 0 Å². The number of nitrogens with zero attached hydrogens (tertiary/aromatic N) is 1. The first-order valence-electron chi connectivity index (χ1n) is 10.8. The van der Waals surface area contributed by atoms with Gasteiger partial charge in [-0.25, -0.2) is 8.42 Å². The van der Waals surface area contributed by atoms with Crippen molar-refractivity contribution in [2.24, 2.45) is 0 Å². The Kier molecular flexibility index (Phi) is 8.67. The molecule has 0 radical (unpaired) electrons. The summed E-state index contributed by atoms with van der Waals surface area (Å²) < 4.78 is 27.6. The predicted octanol–water partition coefficient (Wildman–Crippen LogP) is 2.99. The van der Waals surface area contributed by atoms with E-state index in [2.05, 4.69) is 10.6 Å². The molecule has 2 amide bonds. The Balaban J connectivity index is 1.56. The summed E-state index contributed by atoms with van der Waals surface area (Å²) in [7, 11) is -3.77. The second kappa shape index (κ2) is 11.4. The van der Waals surface area contributed by atoms with E-state index in [1.807, 2.05) is 30.3 Å². The third-order valence-corrected chi connectivity index (χ3v) is 7.70. The molecule has 1 saturated heterocycles. The van der Waals surface area contributed by atoms with Gasteiger partial charge in [0, 0.05) is 31.7 Å². The summed E-state index contributed by atoms with van der Waals surface area (Å²) >= 11 is 6.19. The van der Waals surface area contributed by atoms with Gasteiger partial charge < -0.3 is 10.6 Å². The first-order chi connectivity index (χ1) is 15.4. The average molecular weight is 478 g/mol. The number of nitrogens with one attached hydrogen (secondary N) is 2. The number of benzene rings is 2. The van der Waals surface area contributed by atoms with Gasteiger partial charge in [-0.2, -0.15) is 4.31 Å². The van der Waals surface area contributed by atoms with Crippen molar-refractivity contribution >= 4 is 33.4 Å². The lowest BCUT2D eigenvalue weighted by Gasteiger charge is -2.21. The first-order valence-corrected chi connectivity index (χ1v) is 12.6. The van der Waals surface area contributed by atoms with Crippen LogP contribution in [0.4, 0.5) is 0 Å². The maximum Gasteiger partial charge on any atom is 0.251 e. The van der Waals surface area contributed by atoms with Gasteiger partial charge in [0.15, 0.2) is 0 Å². The zero-order valence-electron chi connectivity index (χ0n) is 17.8. The Morgan fingerprint density at radius 1 is 0.906 bits per heavy atom. The van der Waals surface area contributed by atoms with Crippen LogP contribution in [0.15, 0.2) is 53.4 Å². The van der Waals surface area contributed by atoms with Crippen LogP contribution in [0.1, 0.15) is 41.6 Å². The second-order valence-electron chi connectivity index (χ2n) is 7.73. The van der Waals surface area contributed by atoms with Crippen molar-refractivity contribution in [2.45, 2.75) is 37.0 Å². The third-order valence-electron chi connectivity index (χ3n) is 5.32. The largest absolute Gasteiger partial charge is 0.354 e. The molecule has 9 heteroatoms. The van der Waals surface area contributed by atoms with Crippen molar-refractivity contribution < 1.29 is 18.0 Å². The fourth-order valence-corrected chi connectivity index (χ4v) is 5.60. The highest BCUT2D eigenvalue weighted by molar-refractivity contribution is 7.89. The molecule has 1 fully saturated rings. The molecule has 1 aliphatic rings. The van der Waals surface area contributed by atoms with Gasteiger partial charge in [-0.05, 0) is 36.6 Å². The summed E-state index contributed by atoms with van der Waals surface area (Å²) in [4.78, 5) is 24.5. The second-order valence-corrected chi connectivity index (χ2v) is 10.0. The van der Waals surface area contributed by atoms with Crippen LogP contribution in [0.5, 0.6) is 0 Å². The normalized spacial score (nSPS) is 15.0. The van der Waals surface area contributed by atoms with E-state index in [0.717, 1.165) is 31.2 Å². The number of rotatable bonds is 8. The molecule has 1 aliphatic heterocycles. The van der Waals surface area contributed by atoms with Gasteiger partial charge in [-0.15, -0.1) is 0 Å². The van der Waals surface area contributed by atoms with Crippen LogP contribution >= 0.6 is 11.6 Å². The summed E-state index contributed by atoms with van der Waals surface area (Å²) in [6.45, 7) is 1.40. The molecular formula is C23H28ClN3O4S. The van der Waals surface area contributed by atoms with Gasteiger partial charge in [0.05, 0.1) is 11.4 Å². The fraction of sp³-hybridized carbons (Fsp3) is 0.391. The quantitative estimate of drug-likeness (QED) is 0.571. The Labute approximate surface area is 194 Å². The molecule has 172 valence electrons. The SMILES string of the molecule is O=C(Cc1ccccc1)NCCNC(=O)c1ccc(Cl)c(S(=O)(=O)N2CCCCCC2)c1. The lowest BCUT2D eigenvalue weighted by atomic mass is 10.1. The molecule has 0 unspecified atom stereocenters. The van der Waals surface area contributed by atoms with Gasteiger partial charge in [0.25, 0.3) is 5.91 Å². The minimum Gasteiger partial charge on any atom is -0.354 e. The molecule has 3 rings (SSSR count). The molecule has 32 heavy (non-hydrogen) atoms. The van der Waals surface area contributed by atoms with Gasteiger partial charge in [0.2, 0.25) is 15.9 Å². The van der Waals surface area contributed by atoms with Gasteiger partial charge in [-0.3, -0.25) is 9.59 Å². The Morgan fingerprint density at radius 2 is 1.56 bits per heavy atom. The lowest BCUT2D eigenvalue weighted by Crippen LogP contribution is -2.35. The number of sulfonamides is 1. The highest BCUT2D eigenvalue weighted by atomic mass is 35.5. The fourth-order valence-electron chi connectivity index (χ4n) is 3.59. The molecule has 7 nitrogen and oxygen atoms in total. The summed E-state index contributed by atoms with van der Waals surface area (Å²) in [5, 5.41) is 5.55. The third kappa shape index (κ3) is 6.54. The molecule has 0 bridgehead atoms. The van der Waals surface area contributed by atoms with Crippen molar-refractivity contribution in [3.05, 3.63) is 64.7 Å². The van der Waals surface area contributed by atoms with E-state index in [1.54, 1.807) is 0 Å². The molecular weight excluding hydrogens is 450 g/mol. The molecule has 0 atom stereocenters. The van der Waals surface area contributed by atoms with E-state index in [0.29, 0.717) is 13.1 Å². The van der Waals surface area contributed by atoms with Crippen LogP contribution in [0.3, 0.4) is 0 Å². The molecule has 0 aromatic heterocycles. The van der Waals surface area contributed by atoms with E-state index in [9.17, 15) is 18.0 Å². The summed E-state index contributed by atoms with van der Waals surface area (Å²) in [5.74, 6) is -0.561. The molecule has 2 N–H and O–H groups in total. The Bertz CT molecular complexity index is 1040. The Morgan fingerprint density at radius 3 is 2.25 bits per heavy atom. The highest BCUT2D eigenvalue weighted by Crippen LogP contribution is 2.27. The zero-order valence-corrected chi connectivity index (χ0v) is 19.4. The number of carbonyl (C=O) groups excluding carboxylic acids is 2. The monoisotopic (exact) mass is 477 g/mol. The number of hydrogen-bond donors (Lipinski definition) is 2. The van der Waals surface area contributed by atoms with Crippen molar-refractivity contribution in [1.82, 2.24) is 14.9 Å². The van der Waals surface area contributed by atoms with Crippen molar-refractivity contribution in [2.75, 3.05) is 26.2 Å². The maximum atomic E-state index is 13.1. The molecule has 0 spiro atoms. The van der Waals surface area contributed by atoms with E-state index in [4.69, 9.17) is 11.6 Å². The van der Waals surface area contributed by atoms with Gasteiger partial charge in [0.1, 0.15) is 4.90 Å². The van der Waals surface area contributed by atoms with Crippen LogP contribution in [0.25, 0.3) is 0 Å². The van der Waals surface area contributed by atoms with Crippen molar-refractivity contribution in [1.29, 1.82) is 0 Å². The summed E-state index contributed by atoms with van der Waals surface area (Å²) in [6, 6.07) is 13.6. The standard InChI is InChI=1S/C23H28ClN3O4S/c24-20-11-10-19(17-21(20)32(30,31)27-14-6-1-2-7-15-27)23(29)26-13-12-25-22(28)16-18-8-4-3-5-9-18/h3-5,8-11,17H,1-2,6-7,12-16H2,(H,25,28)(H,26,29). The average Bonchev–Trinajstić information content (AvgIpc) is 3.08. The van der Waals surface area contributed by atoms with Gasteiger partial charge in [-0.1, -0.05) is 54.8 Å².